The van der Waals surface area contributed by atoms with E-state index in [1.807, 2.05) is 19.1 Å². The van der Waals surface area contributed by atoms with Crippen LogP contribution >= 0.6 is 0 Å². The largest absolute Gasteiger partial charge is 0.381 e. The predicted molar refractivity (Wildman–Crippen MR) is 86.3 cm³/mol. The fraction of sp³-hybridized carbons (Fsp3) is 0.611. The molecule has 3 nitrogen and oxygen atoms in total. The third-order valence-electron chi connectivity index (χ3n) is 5.16. The number of hydrogen-bond acceptors (Lipinski definition) is 3. The van der Waals surface area contributed by atoms with Gasteiger partial charge in [0.15, 0.2) is 0 Å². The minimum Gasteiger partial charge on any atom is -0.381 e. The fourth-order valence-corrected chi connectivity index (χ4v) is 4.03. The molecule has 0 bridgehead atoms. The summed E-state index contributed by atoms with van der Waals surface area (Å²) in [7, 11) is 0. The molecule has 112 valence electrons. The quantitative estimate of drug-likeness (QED) is 0.891. The summed E-state index contributed by atoms with van der Waals surface area (Å²) in [5, 5.41) is 16.8. The highest BCUT2D eigenvalue weighted by Gasteiger charge is 2.33. The van der Waals surface area contributed by atoms with Gasteiger partial charge in [0.05, 0.1) is 11.3 Å². The van der Waals surface area contributed by atoms with Crippen LogP contribution in [0.4, 0.5) is 5.69 Å². The molecule has 3 atom stereocenters. The van der Waals surface area contributed by atoms with Gasteiger partial charge in [0.25, 0.3) is 0 Å². The zero-order chi connectivity index (χ0) is 14.7. The zero-order valence-electron chi connectivity index (χ0n) is 12.9. The minimum atomic E-state index is 0.503. The summed E-state index contributed by atoms with van der Waals surface area (Å²) in [5.74, 6) is 0.702. The minimum absolute atomic E-state index is 0.503. The molecular weight excluding hydrogens is 258 g/mol. The lowest BCUT2D eigenvalue weighted by Gasteiger charge is -2.37. The van der Waals surface area contributed by atoms with Gasteiger partial charge >= 0.3 is 0 Å². The van der Waals surface area contributed by atoms with Crippen molar-refractivity contribution >= 4 is 5.69 Å². The van der Waals surface area contributed by atoms with Gasteiger partial charge in [-0.2, -0.15) is 5.26 Å². The molecule has 0 amide bonds. The lowest BCUT2D eigenvalue weighted by molar-refractivity contribution is 0.262. The number of rotatable bonds is 3. The van der Waals surface area contributed by atoms with Crippen LogP contribution < -0.4 is 10.6 Å². The molecule has 0 spiro atoms. The standard InChI is InChI=1S/C18H25N3/c1-13-6-4-9-18(15(13)12-19)21-17-8-3-2-7-14(17)16-10-5-11-20-16/h4,6,9,14,16-17,20-21H,2-3,5,7-8,10-11H2,1H3. The Hall–Kier alpha value is -1.53. The van der Waals surface area contributed by atoms with Crippen LogP contribution in [0.5, 0.6) is 0 Å². The lowest BCUT2D eigenvalue weighted by Crippen LogP contribution is -2.43. The maximum Gasteiger partial charge on any atom is 0.102 e. The Kier molecular flexibility index (Phi) is 4.45. The van der Waals surface area contributed by atoms with E-state index in [-0.39, 0.29) is 0 Å². The summed E-state index contributed by atoms with van der Waals surface area (Å²) in [6.07, 6.45) is 7.79. The molecule has 0 aromatic heterocycles. The molecule has 0 radical (unpaired) electrons. The molecule has 1 heterocycles. The van der Waals surface area contributed by atoms with Crippen molar-refractivity contribution in [2.75, 3.05) is 11.9 Å². The van der Waals surface area contributed by atoms with E-state index in [1.165, 1.54) is 45.1 Å². The number of nitrogens with zero attached hydrogens (tertiary/aromatic N) is 1. The van der Waals surface area contributed by atoms with Crippen molar-refractivity contribution in [2.45, 2.75) is 57.5 Å². The highest BCUT2D eigenvalue weighted by Crippen LogP contribution is 2.33. The van der Waals surface area contributed by atoms with Gasteiger partial charge in [-0.3, -0.25) is 0 Å². The first-order valence-electron chi connectivity index (χ1n) is 8.29. The summed E-state index contributed by atoms with van der Waals surface area (Å²) < 4.78 is 0. The van der Waals surface area contributed by atoms with Gasteiger partial charge in [0.1, 0.15) is 6.07 Å². The second kappa shape index (κ2) is 6.49. The molecule has 1 saturated carbocycles. The smallest absolute Gasteiger partial charge is 0.102 e. The van der Waals surface area contributed by atoms with E-state index in [0.717, 1.165) is 16.8 Å². The zero-order valence-corrected chi connectivity index (χ0v) is 12.9. The Morgan fingerprint density at radius 1 is 1.19 bits per heavy atom. The number of benzene rings is 1. The summed E-state index contributed by atoms with van der Waals surface area (Å²) >= 11 is 0. The average Bonchev–Trinajstić information content (AvgIpc) is 3.02. The van der Waals surface area contributed by atoms with Crippen molar-refractivity contribution in [1.29, 1.82) is 5.26 Å². The van der Waals surface area contributed by atoms with Crippen LogP contribution in [-0.2, 0) is 0 Å². The Morgan fingerprint density at radius 2 is 2.05 bits per heavy atom. The first-order valence-corrected chi connectivity index (χ1v) is 8.29. The van der Waals surface area contributed by atoms with Crippen LogP contribution in [-0.4, -0.2) is 18.6 Å². The number of anilines is 1. The van der Waals surface area contributed by atoms with Crippen molar-refractivity contribution in [3.63, 3.8) is 0 Å². The van der Waals surface area contributed by atoms with E-state index >= 15 is 0 Å². The van der Waals surface area contributed by atoms with Crippen LogP contribution in [0.2, 0.25) is 0 Å². The predicted octanol–water partition coefficient (Wildman–Crippen LogP) is 3.59. The second-order valence-corrected chi connectivity index (χ2v) is 6.51. The van der Waals surface area contributed by atoms with Crippen molar-refractivity contribution in [2.24, 2.45) is 5.92 Å². The van der Waals surface area contributed by atoms with Gasteiger partial charge < -0.3 is 10.6 Å². The maximum atomic E-state index is 9.40. The molecule has 1 aromatic rings. The monoisotopic (exact) mass is 283 g/mol. The van der Waals surface area contributed by atoms with Gasteiger partial charge in [-0.05, 0) is 56.7 Å². The van der Waals surface area contributed by atoms with E-state index < -0.39 is 0 Å². The molecule has 2 fully saturated rings. The SMILES string of the molecule is Cc1cccc(NC2CCCCC2C2CCCN2)c1C#N. The second-order valence-electron chi connectivity index (χ2n) is 6.51. The molecule has 3 unspecified atom stereocenters. The van der Waals surface area contributed by atoms with Crippen LogP contribution in [0.15, 0.2) is 18.2 Å². The van der Waals surface area contributed by atoms with E-state index in [1.54, 1.807) is 0 Å². The number of nitriles is 1. The van der Waals surface area contributed by atoms with Crippen molar-refractivity contribution < 1.29 is 0 Å². The molecule has 1 aliphatic heterocycles. The molecule has 1 saturated heterocycles. The number of hydrogen-bond donors (Lipinski definition) is 2. The molecule has 3 heteroatoms. The van der Waals surface area contributed by atoms with Crippen molar-refractivity contribution in [1.82, 2.24) is 5.32 Å². The van der Waals surface area contributed by atoms with Gasteiger partial charge in [0.2, 0.25) is 0 Å². The lowest BCUT2D eigenvalue weighted by atomic mass is 9.79. The topological polar surface area (TPSA) is 47.8 Å². The third-order valence-corrected chi connectivity index (χ3v) is 5.16. The fourth-order valence-electron chi connectivity index (χ4n) is 4.03. The normalized spacial score (nSPS) is 29.0. The van der Waals surface area contributed by atoms with Gasteiger partial charge in [-0.15, -0.1) is 0 Å². The van der Waals surface area contributed by atoms with E-state index in [9.17, 15) is 5.26 Å². The van der Waals surface area contributed by atoms with Crippen LogP contribution in [0.3, 0.4) is 0 Å². The van der Waals surface area contributed by atoms with E-state index in [4.69, 9.17) is 0 Å². The number of aryl methyl sites for hydroxylation is 1. The molecule has 2 aliphatic rings. The highest BCUT2D eigenvalue weighted by molar-refractivity contribution is 5.61. The Morgan fingerprint density at radius 3 is 2.81 bits per heavy atom. The Labute approximate surface area is 127 Å². The van der Waals surface area contributed by atoms with E-state index in [0.29, 0.717) is 18.0 Å². The van der Waals surface area contributed by atoms with Gasteiger partial charge in [-0.1, -0.05) is 25.0 Å². The molecule has 2 N–H and O–H groups in total. The van der Waals surface area contributed by atoms with Crippen LogP contribution in [0, 0.1) is 24.2 Å². The first-order chi connectivity index (χ1) is 10.3. The summed E-state index contributed by atoms with van der Waals surface area (Å²) in [4.78, 5) is 0. The summed E-state index contributed by atoms with van der Waals surface area (Å²) in [6, 6.07) is 9.64. The van der Waals surface area contributed by atoms with Crippen molar-refractivity contribution in [3.8, 4) is 6.07 Å². The molecular formula is C18H25N3. The van der Waals surface area contributed by atoms with Gasteiger partial charge in [-0.25, -0.2) is 0 Å². The number of nitrogens with one attached hydrogen (secondary N) is 2. The molecule has 3 rings (SSSR count). The summed E-state index contributed by atoms with van der Waals surface area (Å²) in [5.41, 5.74) is 2.89. The highest BCUT2D eigenvalue weighted by atomic mass is 15.0. The maximum absolute atomic E-state index is 9.40. The molecule has 1 aliphatic carbocycles. The van der Waals surface area contributed by atoms with E-state index in [2.05, 4.69) is 22.8 Å². The van der Waals surface area contributed by atoms with Crippen LogP contribution in [0.1, 0.15) is 49.7 Å². The Balaban J connectivity index is 1.78. The molecule has 21 heavy (non-hydrogen) atoms. The molecule has 1 aromatic carbocycles. The van der Waals surface area contributed by atoms with Crippen LogP contribution in [0.25, 0.3) is 0 Å². The first kappa shape index (κ1) is 14.4. The average molecular weight is 283 g/mol. The van der Waals surface area contributed by atoms with Crippen molar-refractivity contribution in [3.05, 3.63) is 29.3 Å². The summed E-state index contributed by atoms with van der Waals surface area (Å²) in [6.45, 7) is 3.18. The Bertz CT molecular complexity index is 526. The van der Waals surface area contributed by atoms with Gasteiger partial charge in [0, 0.05) is 12.1 Å². The third kappa shape index (κ3) is 3.06.